The molecule has 38 heavy (non-hydrogen) atoms. The molecular weight excluding hydrogens is 518 g/mol. The van der Waals surface area contributed by atoms with Crippen molar-refractivity contribution >= 4 is 25.8 Å². The first-order valence-corrected chi connectivity index (χ1v) is 14.9. The van der Waals surface area contributed by atoms with E-state index in [2.05, 4.69) is 0 Å². The molecule has 0 N–H and O–H groups in total. The summed E-state index contributed by atoms with van der Waals surface area (Å²) in [6.07, 6.45) is 0. The lowest BCUT2D eigenvalue weighted by molar-refractivity contribution is 0.397. The molecule has 0 saturated carbocycles. The summed E-state index contributed by atoms with van der Waals surface area (Å²) in [6.45, 7) is 0. The van der Waals surface area contributed by atoms with Crippen LogP contribution in [0.5, 0.6) is 23.0 Å². The normalized spacial score (nSPS) is 11.4. The van der Waals surface area contributed by atoms with E-state index in [9.17, 15) is 9.13 Å². The van der Waals surface area contributed by atoms with Gasteiger partial charge < -0.3 is 18.1 Å². The van der Waals surface area contributed by atoms with Gasteiger partial charge in [0, 0.05) is 0 Å². The fourth-order valence-electron chi connectivity index (χ4n) is 3.55. The van der Waals surface area contributed by atoms with Crippen LogP contribution in [0.4, 0.5) is 0 Å². The Morgan fingerprint density at radius 3 is 0.737 bits per heavy atom. The summed E-state index contributed by atoms with van der Waals surface area (Å²) in [5.74, 6) is 1.56. The first kappa shape index (κ1) is 25.4. The highest BCUT2D eigenvalue weighted by molar-refractivity contribution is 7.63. The molecule has 5 aromatic carbocycles. The van der Waals surface area contributed by atoms with Crippen LogP contribution in [-0.4, -0.2) is 0 Å². The molecule has 5 rings (SSSR count). The van der Waals surface area contributed by atoms with Crippen LogP contribution in [0.2, 0.25) is 0 Å². The Bertz CT molecular complexity index is 1330. The largest absolute Gasteiger partial charge is 0.462 e. The average Bonchev–Trinajstić information content (AvgIpc) is 2.95. The molecule has 190 valence electrons. The first-order valence-electron chi connectivity index (χ1n) is 11.8. The van der Waals surface area contributed by atoms with E-state index >= 15 is 0 Å². The van der Waals surface area contributed by atoms with Crippen LogP contribution >= 0.6 is 15.2 Å². The van der Waals surface area contributed by atoms with E-state index in [4.69, 9.17) is 18.1 Å². The quantitative estimate of drug-likeness (QED) is 0.169. The molecule has 0 spiro atoms. The van der Waals surface area contributed by atoms with Gasteiger partial charge in [0.15, 0.2) is 0 Å². The topological polar surface area (TPSA) is 71.1 Å². The third kappa shape index (κ3) is 6.18. The maximum Gasteiger partial charge on any atom is 0.462 e. The molecular formula is C30H24O6P2. The minimum atomic E-state index is -3.89. The highest BCUT2D eigenvalue weighted by atomic mass is 31.2. The number of benzene rings is 5. The van der Waals surface area contributed by atoms with Crippen LogP contribution in [0.3, 0.4) is 0 Å². The van der Waals surface area contributed by atoms with E-state index in [1.54, 1.807) is 121 Å². The zero-order valence-corrected chi connectivity index (χ0v) is 22.0. The summed E-state index contributed by atoms with van der Waals surface area (Å²) < 4.78 is 51.9. The molecule has 0 saturated heterocycles. The van der Waals surface area contributed by atoms with E-state index in [1.165, 1.54) is 0 Å². The maximum atomic E-state index is 14.1. The number of hydrogen-bond acceptors (Lipinski definition) is 6. The van der Waals surface area contributed by atoms with Crippen LogP contribution in [0.15, 0.2) is 146 Å². The summed E-state index contributed by atoms with van der Waals surface area (Å²) in [5, 5.41) is 0.555. The third-order valence-corrected chi connectivity index (χ3v) is 9.02. The van der Waals surface area contributed by atoms with E-state index in [0.717, 1.165) is 0 Å². The molecule has 0 aliphatic heterocycles. The molecule has 5 aromatic rings. The van der Waals surface area contributed by atoms with E-state index in [1.807, 2.05) is 24.3 Å². The summed E-state index contributed by atoms with van der Waals surface area (Å²) in [7, 11) is -7.78. The molecule has 0 atom stereocenters. The smallest absolute Gasteiger partial charge is 0.413 e. The SMILES string of the molecule is O=P(Oc1ccccc1)(Oc1ccccc1)c1ccc(P(=O)(Oc2ccccc2)Oc2ccccc2)cc1. The van der Waals surface area contributed by atoms with Crippen molar-refractivity contribution in [1.29, 1.82) is 0 Å². The molecule has 0 heterocycles. The predicted molar refractivity (Wildman–Crippen MR) is 149 cm³/mol. The second-order valence-electron chi connectivity index (χ2n) is 8.13. The van der Waals surface area contributed by atoms with Crippen molar-refractivity contribution in [1.82, 2.24) is 0 Å². The summed E-state index contributed by atoms with van der Waals surface area (Å²) in [6, 6.07) is 41.4. The van der Waals surface area contributed by atoms with Crippen molar-refractivity contribution in [2.45, 2.75) is 0 Å². The van der Waals surface area contributed by atoms with E-state index in [0.29, 0.717) is 23.0 Å². The van der Waals surface area contributed by atoms with Gasteiger partial charge in [0.25, 0.3) is 0 Å². The van der Waals surface area contributed by atoms with Gasteiger partial charge in [0.05, 0.1) is 10.6 Å². The standard InChI is InChI=1S/C30H24O6P2/c31-37(33-25-13-5-1-6-14-25,34-26-15-7-2-8-16-26)29-21-23-30(24-22-29)38(32,35-27-17-9-3-10-18-27)36-28-19-11-4-12-20-28/h1-24H. The van der Waals surface area contributed by atoms with Crippen molar-refractivity contribution in [2.75, 3.05) is 0 Å². The Morgan fingerprint density at radius 1 is 0.316 bits per heavy atom. The maximum absolute atomic E-state index is 14.1. The van der Waals surface area contributed by atoms with E-state index in [-0.39, 0.29) is 10.6 Å². The van der Waals surface area contributed by atoms with Gasteiger partial charge in [0.1, 0.15) is 23.0 Å². The fraction of sp³-hybridized carbons (Fsp3) is 0. The van der Waals surface area contributed by atoms with Gasteiger partial charge >= 0.3 is 15.2 Å². The fourth-order valence-corrected chi connectivity index (χ4v) is 6.67. The van der Waals surface area contributed by atoms with Crippen molar-refractivity contribution in [3.8, 4) is 23.0 Å². The second-order valence-corrected chi connectivity index (χ2v) is 11.9. The summed E-state index contributed by atoms with van der Waals surface area (Å²) in [5.41, 5.74) is 0. The van der Waals surface area contributed by atoms with Crippen LogP contribution in [0.25, 0.3) is 0 Å². The lowest BCUT2D eigenvalue weighted by Crippen LogP contribution is -2.20. The Hall–Kier alpha value is -4.24. The average molecular weight is 542 g/mol. The van der Waals surface area contributed by atoms with Gasteiger partial charge in [-0.05, 0) is 72.8 Å². The molecule has 0 fully saturated rings. The molecule has 0 aliphatic carbocycles. The molecule has 6 nitrogen and oxygen atoms in total. The zero-order chi connectivity index (χ0) is 26.3. The van der Waals surface area contributed by atoms with Crippen molar-refractivity contribution < 1.29 is 27.2 Å². The molecule has 0 radical (unpaired) electrons. The highest BCUT2D eigenvalue weighted by Crippen LogP contribution is 2.50. The highest BCUT2D eigenvalue weighted by Gasteiger charge is 2.35. The van der Waals surface area contributed by atoms with Gasteiger partial charge in [0.2, 0.25) is 0 Å². The van der Waals surface area contributed by atoms with Crippen LogP contribution in [0, 0.1) is 0 Å². The van der Waals surface area contributed by atoms with Crippen molar-refractivity contribution in [2.24, 2.45) is 0 Å². The summed E-state index contributed by atoms with van der Waals surface area (Å²) in [4.78, 5) is 0. The van der Waals surface area contributed by atoms with Crippen molar-refractivity contribution in [3.05, 3.63) is 146 Å². The van der Waals surface area contributed by atoms with Gasteiger partial charge in [-0.15, -0.1) is 0 Å². The number of para-hydroxylation sites is 4. The number of rotatable bonds is 10. The Labute approximate surface area is 221 Å². The predicted octanol–water partition coefficient (Wildman–Crippen LogP) is 7.64. The van der Waals surface area contributed by atoms with Gasteiger partial charge in [-0.3, -0.25) is 0 Å². The zero-order valence-electron chi connectivity index (χ0n) is 20.2. The molecule has 0 aromatic heterocycles. The Kier molecular flexibility index (Phi) is 7.65. The lowest BCUT2D eigenvalue weighted by atomic mass is 10.3. The van der Waals surface area contributed by atoms with Gasteiger partial charge in [-0.1, -0.05) is 72.8 Å². The monoisotopic (exact) mass is 542 g/mol. The van der Waals surface area contributed by atoms with Crippen LogP contribution in [-0.2, 0) is 9.13 Å². The molecule has 8 heteroatoms. The Balaban J connectivity index is 1.50. The molecule has 0 bridgehead atoms. The minimum absolute atomic E-state index is 0.278. The lowest BCUT2D eigenvalue weighted by Gasteiger charge is -2.22. The first-order chi connectivity index (χ1) is 18.5. The molecule has 0 amide bonds. The van der Waals surface area contributed by atoms with Gasteiger partial charge in [-0.2, -0.15) is 0 Å². The number of hydrogen-bond donors (Lipinski definition) is 0. The van der Waals surface area contributed by atoms with Crippen LogP contribution < -0.4 is 28.7 Å². The second kappa shape index (κ2) is 11.4. The third-order valence-electron chi connectivity index (χ3n) is 5.36. The minimum Gasteiger partial charge on any atom is -0.413 e. The summed E-state index contributed by atoms with van der Waals surface area (Å²) >= 11 is 0. The van der Waals surface area contributed by atoms with Crippen molar-refractivity contribution in [3.63, 3.8) is 0 Å². The van der Waals surface area contributed by atoms with E-state index < -0.39 is 15.2 Å². The van der Waals surface area contributed by atoms with Gasteiger partial charge in [-0.25, -0.2) is 9.13 Å². The molecule has 0 unspecified atom stereocenters. The van der Waals surface area contributed by atoms with Crippen LogP contribution in [0.1, 0.15) is 0 Å². The molecule has 0 aliphatic rings. The Morgan fingerprint density at radius 2 is 0.526 bits per heavy atom.